The summed E-state index contributed by atoms with van der Waals surface area (Å²) in [5.41, 5.74) is 0.945. The average molecular weight is 369 g/mol. The molecule has 2 aliphatic heterocycles. The molecule has 2 aromatic rings. The lowest BCUT2D eigenvalue weighted by Crippen LogP contribution is -2.63. The summed E-state index contributed by atoms with van der Waals surface area (Å²) in [4.78, 5) is 27.5. The van der Waals surface area contributed by atoms with Crippen molar-refractivity contribution in [3.05, 3.63) is 65.5 Å². The number of benzene rings is 2. The van der Waals surface area contributed by atoms with E-state index in [-0.39, 0.29) is 6.42 Å². The Hall–Kier alpha value is -2.73. The highest BCUT2D eigenvalue weighted by Gasteiger charge is 2.55. The molecule has 2 heterocycles. The van der Waals surface area contributed by atoms with Crippen LogP contribution in [0, 0.1) is 11.7 Å². The summed E-state index contributed by atoms with van der Waals surface area (Å²) in [6.07, 6.45) is 0.285. The summed E-state index contributed by atoms with van der Waals surface area (Å²) in [5, 5.41) is 0. The van der Waals surface area contributed by atoms with Crippen LogP contribution in [-0.4, -0.2) is 24.7 Å². The maximum absolute atomic E-state index is 14.5. The number of carbonyl (C=O) groups excluding carboxylic acids is 2. The third-order valence-electron chi connectivity index (χ3n) is 5.49. The smallest absolute Gasteiger partial charge is 0.318 e. The van der Waals surface area contributed by atoms with Gasteiger partial charge in [0, 0.05) is 17.9 Å². The first-order valence-electron chi connectivity index (χ1n) is 8.84. The minimum atomic E-state index is -1.13. The molecule has 3 atom stereocenters. The molecule has 0 radical (unpaired) electrons. The van der Waals surface area contributed by atoms with Crippen molar-refractivity contribution in [3.8, 4) is 0 Å². The number of methoxy groups -OCH3 is 1. The SMILES string of the molecule is COC(=O)[C@H]1C(=O)N2c3ccccc3CO[C@]2(C)C[C@@H]1c1ccccc1F. The van der Waals surface area contributed by atoms with Gasteiger partial charge in [-0.25, -0.2) is 4.39 Å². The van der Waals surface area contributed by atoms with Crippen LogP contribution in [0.15, 0.2) is 48.5 Å². The van der Waals surface area contributed by atoms with Gasteiger partial charge in [0.1, 0.15) is 17.5 Å². The first kappa shape index (κ1) is 17.7. The maximum atomic E-state index is 14.5. The monoisotopic (exact) mass is 369 g/mol. The van der Waals surface area contributed by atoms with Gasteiger partial charge < -0.3 is 9.47 Å². The molecule has 6 heteroatoms. The van der Waals surface area contributed by atoms with Crippen molar-refractivity contribution < 1.29 is 23.5 Å². The maximum Gasteiger partial charge on any atom is 0.318 e. The zero-order valence-corrected chi connectivity index (χ0v) is 15.1. The van der Waals surface area contributed by atoms with Crippen LogP contribution in [0.3, 0.4) is 0 Å². The number of fused-ring (bicyclic) bond motifs is 3. The van der Waals surface area contributed by atoms with Gasteiger partial charge in [0.25, 0.3) is 0 Å². The molecule has 0 N–H and O–H groups in total. The highest BCUT2D eigenvalue weighted by Crippen LogP contribution is 2.48. The van der Waals surface area contributed by atoms with Crippen LogP contribution in [0.1, 0.15) is 30.4 Å². The second-order valence-corrected chi connectivity index (χ2v) is 7.10. The van der Waals surface area contributed by atoms with Gasteiger partial charge in [-0.05, 0) is 24.6 Å². The van der Waals surface area contributed by atoms with Crippen molar-refractivity contribution in [3.63, 3.8) is 0 Å². The molecule has 1 saturated heterocycles. The highest BCUT2D eigenvalue weighted by molar-refractivity contribution is 6.09. The van der Waals surface area contributed by atoms with Crippen LogP contribution in [0.25, 0.3) is 0 Å². The third kappa shape index (κ3) is 2.72. The van der Waals surface area contributed by atoms with Gasteiger partial charge in [-0.1, -0.05) is 36.4 Å². The van der Waals surface area contributed by atoms with Gasteiger partial charge in [-0.2, -0.15) is 0 Å². The van der Waals surface area contributed by atoms with Gasteiger partial charge in [0.15, 0.2) is 0 Å². The van der Waals surface area contributed by atoms with Crippen LogP contribution in [0.4, 0.5) is 10.1 Å². The zero-order chi connectivity index (χ0) is 19.2. The van der Waals surface area contributed by atoms with Crippen molar-refractivity contribution in [2.45, 2.75) is 31.6 Å². The number of piperidine rings is 1. The molecular formula is C21H20FNO4. The molecule has 2 aliphatic rings. The number of carbonyl (C=O) groups is 2. The first-order chi connectivity index (χ1) is 13.0. The molecule has 140 valence electrons. The van der Waals surface area contributed by atoms with Crippen LogP contribution in [-0.2, 0) is 25.7 Å². The van der Waals surface area contributed by atoms with E-state index >= 15 is 0 Å². The lowest BCUT2D eigenvalue weighted by atomic mass is 9.74. The fourth-order valence-electron chi connectivity index (χ4n) is 4.20. The number of esters is 1. The molecular weight excluding hydrogens is 349 g/mol. The Morgan fingerprint density at radius 3 is 2.67 bits per heavy atom. The van der Waals surface area contributed by atoms with E-state index in [0.717, 1.165) is 11.3 Å². The number of anilines is 1. The lowest BCUT2D eigenvalue weighted by Gasteiger charge is -2.51. The van der Waals surface area contributed by atoms with E-state index in [9.17, 15) is 14.0 Å². The van der Waals surface area contributed by atoms with E-state index in [1.165, 1.54) is 18.1 Å². The predicted octanol–water partition coefficient (Wildman–Crippen LogP) is 3.38. The van der Waals surface area contributed by atoms with Crippen molar-refractivity contribution in [2.24, 2.45) is 5.92 Å². The summed E-state index contributed by atoms with van der Waals surface area (Å²) in [7, 11) is 1.24. The largest absolute Gasteiger partial charge is 0.468 e. The second kappa shape index (κ2) is 6.46. The van der Waals surface area contributed by atoms with Gasteiger partial charge in [0.2, 0.25) is 5.91 Å². The number of amides is 1. The molecule has 0 aliphatic carbocycles. The lowest BCUT2D eigenvalue weighted by molar-refractivity contribution is -0.159. The number of hydrogen-bond donors (Lipinski definition) is 0. The molecule has 27 heavy (non-hydrogen) atoms. The fourth-order valence-corrected chi connectivity index (χ4v) is 4.20. The van der Waals surface area contributed by atoms with Crippen molar-refractivity contribution in [2.75, 3.05) is 12.0 Å². The van der Waals surface area contributed by atoms with Crippen molar-refractivity contribution in [1.29, 1.82) is 0 Å². The number of para-hydroxylation sites is 1. The normalized spacial score (nSPS) is 26.9. The van der Waals surface area contributed by atoms with Gasteiger partial charge in [-0.3, -0.25) is 14.5 Å². The Labute approximate surface area is 156 Å². The van der Waals surface area contributed by atoms with Gasteiger partial charge >= 0.3 is 5.97 Å². The Bertz CT molecular complexity index is 915. The Balaban J connectivity index is 1.85. The molecule has 5 nitrogen and oxygen atoms in total. The molecule has 1 amide bonds. The van der Waals surface area contributed by atoms with E-state index in [0.29, 0.717) is 12.2 Å². The van der Waals surface area contributed by atoms with Crippen LogP contribution in [0.5, 0.6) is 0 Å². The van der Waals surface area contributed by atoms with E-state index in [1.54, 1.807) is 18.2 Å². The summed E-state index contributed by atoms with van der Waals surface area (Å²) >= 11 is 0. The number of rotatable bonds is 2. The summed E-state index contributed by atoms with van der Waals surface area (Å²) in [5.74, 6) is -3.35. The summed E-state index contributed by atoms with van der Waals surface area (Å²) in [6, 6.07) is 13.7. The molecule has 4 rings (SSSR count). The van der Waals surface area contributed by atoms with Crippen LogP contribution < -0.4 is 4.90 Å². The predicted molar refractivity (Wildman–Crippen MR) is 96.4 cm³/mol. The van der Waals surface area contributed by atoms with Crippen LogP contribution >= 0.6 is 0 Å². The molecule has 2 aromatic carbocycles. The topological polar surface area (TPSA) is 55.8 Å². The molecule has 0 bridgehead atoms. The van der Waals surface area contributed by atoms with Crippen LogP contribution in [0.2, 0.25) is 0 Å². The Morgan fingerprint density at radius 2 is 1.93 bits per heavy atom. The minimum absolute atomic E-state index is 0.285. The Kier molecular flexibility index (Phi) is 4.23. The summed E-state index contributed by atoms with van der Waals surface area (Å²) < 4.78 is 25.5. The van der Waals surface area contributed by atoms with E-state index in [2.05, 4.69) is 0 Å². The van der Waals surface area contributed by atoms with E-state index < -0.39 is 35.3 Å². The van der Waals surface area contributed by atoms with E-state index in [4.69, 9.17) is 9.47 Å². The third-order valence-corrected chi connectivity index (χ3v) is 5.49. The minimum Gasteiger partial charge on any atom is -0.468 e. The van der Waals surface area contributed by atoms with Gasteiger partial charge in [-0.15, -0.1) is 0 Å². The van der Waals surface area contributed by atoms with E-state index in [1.807, 2.05) is 31.2 Å². The zero-order valence-electron chi connectivity index (χ0n) is 15.1. The molecule has 0 unspecified atom stereocenters. The first-order valence-corrected chi connectivity index (χ1v) is 8.84. The number of ether oxygens (including phenoxy) is 2. The Morgan fingerprint density at radius 1 is 1.22 bits per heavy atom. The molecule has 0 spiro atoms. The number of halogens is 1. The standard InChI is InChI=1S/C21H20FNO4/c1-21-11-15(14-8-4-5-9-16(14)22)18(20(25)26-2)19(24)23(21)17-10-6-3-7-13(17)12-27-21/h3-10,15,18H,11-12H2,1-2H3/t15-,18-,21-/m1/s1. The highest BCUT2D eigenvalue weighted by atomic mass is 19.1. The summed E-state index contributed by atoms with van der Waals surface area (Å²) in [6.45, 7) is 2.16. The van der Waals surface area contributed by atoms with Gasteiger partial charge in [0.05, 0.1) is 19.4 Å². The quantitative estimate of drug-likeness (QED) is 0.602. The van der Waals surface area contributed by atoms with Crippen molar-refractivity contribution >= 4 is 17.6 Å². The second-order valence-electron chi connectivity index (χ2n) is 7.10. The van der Waals surface area contributed by atoms with Crippen molar-refractivity contribution in [1.82, 2.24) is 0 Å². The molecule has 1 fully saturated rings. The fraction of sp³-hybridized carbons (Fsp3) is 0.333. The number of nitrogens with zero attached hydrogens (tertiary/aromatic N) is 1. The average Bonchev–Trinajstić information content (AvgIpc) is 2.67. The molecule has 0 saturated carbocycles. The number of hydrogen-bond acceptors (Lipinski definition) is 4. The molecule has 0 aromatic heterocycles.